The van der Waals surface area contributed by atoms with Crippen molar-refractivity contribution in [3.05, 3.63) is 95.6 Å². The summed E-state index contributed by atoms with van der Waals surface area (Å²) in [5.74, 6) is -2.30. The minimum absolute atomic E-state index is 0.00104. The van der Waals surface area contributed by atoms with E-state index in [0.29, 0.717) is 55.6 Å². The van der Waals surface area contributed by atoms with Gasteiger partial charge in [0.1, 0.15) is 23.9 Å². The Balaban J connectivity index is 1.04. The highest BCUT2D eigenvalue weighted by Crippen LogP contribution is 2.43. The first-order valence-electron chi connectivity index (χ1n) is 24.7. The standard InChI is InChI=1S/C52H72N6O13S/c1-33(14-22-44-34(2)27-43(36(4)70-44)57-47(61)24-16-35(3)69-37(5)59)15-23-45-51(65)52(32-68-52)29-40(71-45)28-49(63)54-30-38-17-20-41(21-18-38)72(66,67)58-48(62)25-19-39-11-8-9-12-42(39)56-50(64)31-55-46(60)13-7-6-10-26-53/h8-9,11-12,14-18,20-21,23-24,34-36,40,43-45,51,65H,6-7,10,13,19,22,25-32,53H2,1-5H3,(H,54,63)(H,55,60)(H,56,64)(H,57,61)(H,58,62)/t34-,35?,36+,40+,43+,44-,45+,51+,52+/m0/s1. The van der Waals surface area contributed by atoms with E-state index in [1.807, 2.05) is 19.9 Å². The molecule has 20 heteroatoms. The van der Waals surface area contributed by atoms with Crippen LogP contribution in [0, 0.1) is 5.92 Å². The van der Waals surface area contributed by atoms with Gasteiger partial charge < -0.3 is 51.1 Å². The molecular weight excluding hydrogens is 949 g/mol. The summed E-state index contributed by atoms with van der Waals surface area (Å²) >= 11 is 0. The molecule has 5 amide bonds. The van der Waals surface area contributed by atoms with Crippen molar-refractivity contribution >= 4 is 51.2 Å². The van der Waals surface area contributed by atoms with E-state index in [1.54, 1.807) is 37.3 Å². The largest absolute Gasteiger partial charge is 0.459 e. The molecule has 0 bridgehead atoms. The van der Waals surface area contributed by atoms with E-state index in [4.69, 9.17) is 24.7 Å². The number of hydrogen-bond acceptors (Lipinski definition) is 14. The summed E-state index contributed by atoms with van der Waals surface area (Å²) in [6, 6.07) is 12.4. The van der Waals surface area contributed by atoms with Gasteiger partial charge in [0.15, 0.2) is 0 Å². The number of aliphatic hydroxyl groups is 1. The predicted molar refractivity (Wildman–Crippen MR) is 268 cm³/mol. The molecule has 3 fully saturated rings. The molecule has 5 rings (SSSR count). The van der Waals surface area contributed by atoms with Crippen molar-refractivity contribution in [3.8, 4) is 0 Å². The number of nitrogens with one attached hydrogen (secondary N) is 5. The molecule has 19 nitrogen and oxygen atoms in total. The Morgan fingerprint density at radius 1 is 0.917 bits per heavy atom. The van der Waals surface area contributed by atoms with Crippen molar-refractivity contribution < 1.29 is 61.2 Å². The number of epoxide rings is 1. The van der Waals surface area contributed by atoms with Crippen molar-refractivity contribution in [2.75, 3.05) is 25.0 Å². The summed E-state index contributed by atoms with van der Waals surface area (Å²) in [5, 5.41) is 22.3. The number of rotatable bonds is 25. The van der Waals surface area contributed by atoms with Gasteiger partial charge in [-0.3, -0.25) is 28.8 Å². The molecule has 8 N–H and O–H groups in total. The first kappa shape index (κ1) is 57.1. The molecule has 0 aliphatic carbocycles. The van der Waals surface area contributed by atoms with E-state index in [-0.39, 0.29) is 79.1 Å². The first-order chi connectivity index (χ1) is 34.2. The van der Waals surface area contributed by atoms with Crippen LogP contribution in [0.25, 0.3) is 0 Å². The van der Waals surface area contributed by atoms with Crippen LogP contribution in [0.1, 0.15) is 104 Å². The van der Waals surface area contributed by atoms with E-state index in [0.717, 1.165) is 24.8 Å². The monoisotopic (exact) mass is 1020 g/mol. The topological polar surface area (TPSA) is 283 Å². The van der Waals surface area contributed by atoms with Crippen LogP contribution >= 0.6 is 0 Å². The lowest BCUT2D eigenvalue weighted by atomic mass is 9.87. The summed E-state index contributed by atoms with van der Waals surface area (Å²) in [6.45, 7) is 9.71. The fourth-order valence-electron chi connectivity index (χ4n) is 8.59. The zero-order valence-electron chi connectivity index (χ0n) is 41.9. The van der Waals surface area contributed by atoms with E-state index < -0.39 is 57.8 Å². The lowest BCUT2D eigenvalue weighted by molar-refractivity contribution is -0.145. The fourth-order valence-corrected chi connectivity index (χ4v) is 9.60. The maximum atomic E-state index is 13.1. The maximum absolute atomic E-state index is 13.1. The molecule has 2 aromatic rings. The van der Waals surface area contributed by atoms with Crippen molar-refractivity contribution in [2.24, 2.45) is 11.7 Å². The molecular formula is C52H72N6O13S. The van der Waals surface area contributed by atoms with Crippen molar-refractivity contribution in [3.63, 3.8) is 0 Å². The maximum Gasteiger partial charge on any atom is 0.303 e. The second-order valence-corrected chi connectivity index (χ2v) is 20.6. The van der Waals surface area contributed by atoms with Gasteiger partial charge in [0.2, 0.25) is 29.5 Å². The Morgan fingerprint density at radius 3 is 2.36 bits per heavy atom. The summed E-state index contributed by atoms with van der Waals surface area (Å²) < 4.78 is 51.6. The number of carbonyl (C=O) groups is 6. The number of benzene rings is 2. The van der Waals surface area contributed by atoms with Crippen LogP contribution in [0.5, 0.6) is 0 Å². The molecule has 1 spiro atoms. The number of para-hydroxylation sites is 1. The van der Waals surface area contributed by atoms with Gasteiger partial charge in [-0.15, -0.1) is 0 Å². The zero-order valence-corrected chi connectivity index (χ0v) is 42.7. The van der Waals surface area contributed by atoms with Crippen molar-refractivity contribution in [2.45, 2.75) is 159 Å². The number of sulfonamides is 1. The number of hydrogen-bond donors (Lipinski definition) is 7. The number of amides is 5. The molecule has 3 saturated heterocycles. The summed E-state index contributed by atoms with van der Waals surface area (Å²) in [5.41, 5.74) is 7.26. The molecule has 3 heterocycles. The Bertz CT molecular complexity index is 2400. The number of anilines is 1. The Hall–Kier alpha value is -5.77. The number of aryl methyl sites for hydroxylation is 1. The number of nitrogens with two attached hydrogens (primary N) is 1. The summed E-state index contributed by atoms with van der Waals surface area (Å²) in [4.78, 5) is 74.1. The van der Waals surface area contributed by atoms with Gasteiger partial charge in [0.25, 0.3) is 10.0 Å². The molecule has 0 saturated carbocycles. The van der Waals surface area contributed by atoms with Crippen LogP contribution in [0.2, 0.25) is 0 Å². The minimum Gasteiger partial charge on any atom is -0.459 e. The van der Waals surface area contributed by atoms with Gasteiger partial charge in [-0.2, -0.15) is 0 Å². The molecule has 0 radical (unpaired) electrons. The van der Waals surface area contributed by atoms with Gasteiger partial charge in [0.05, 0.1) is 48.8 Å². The van der Waals surface area contributed by atoms with Crippen LogP contribution in [-0.2, 0) is 70.7 Å². The normalized spacial score (nSPS) is 24.6. The molecule has 2 aromatic carbocycles. The number of ether oxygens (including phenoxy) is 4. The van der Waals surface area contributed by atoms with E-state index in [1.165, 1.54) is 43.3 Å². The average Bonchev–Trinajstić information content (AvgIpc) is 4.11. The van der Waals surface area contributed by atoms with Crippen LogP contribution in [-0.4, -0.2) is 117 Å². The third-order valence-electron chi connectivity index (χ3n) is 12.8. The first-order valence-corrected chi connectivity index (χ1v) is 26.1. The Kier molecular flexibility index (Phi) is 21.7. The third-order valence-corrected chi connectivity index (χ3v) is 14.2. The molecule has 72 heavy (non-hydrogen) atoms. The van der Waals surface area contributed by atoms with E-state index in [2.05, 4.69) is 39.0 Å². The Labute approximate surface area is 422 Å². The van der Waals surface area contributed by atoms with E-state index >= 15 is 0 Å². The van der Waals surface area contributed by atoms with Crippen LogP contribution in [0.3, 0.4) is 0 Å². The smallest absolute Gasteiger partial charge is 0.303 e. The third kappa shape index (κ3) is 18.4. The van der Waals surface area contributed by atoms with Crippen LogP contribution in [0.4, 0.5) is 5.69 Å². The summed E-state index contributed by atoms with van der Waals surface area (Å²) in [6.07, 6.45) is 9.82. The van der Waals surface area contributed by atoms with E-state index in [9.17, 15) is 42.3 Å². The average molecular weight is 1020 g/mol. The molecule has 3 aliphatic rings. The molecule has 1 unspecified atom stereocenters. The number of unbranched alkanes of at least 4 members (excludes halogenated alkanes) is 2. The Morgan fingerprint density at radius 2 is 1.65 bits per heavy atom. The highest BCUT2D eigenvalue weighted by molar-refractivity contribution is 7.90. The van der Waals surface area contributed by atoms with Gasteiger partial charge >= 0.3 is 5.97 Å². The molecule has 394 valence electrons. The van der Waals surface area contributed by atoms with Crippen molar-refractivity contribution in [1.29, 1.82) is 0 Å². The quantitative estimate of drug-likeness (QED) is 0.0246. The fraction of sp³-hybridized carbons (Fsp3) is 0.538. The molecule has 9 atom stereocenters. The number of carbonyl (C=O) groups excluding carboxylic acids is 6. The second-order valence-electron chi connectivity index (χ2n) is 18.9. The number of esters is 1. The highest BCUT2D eigenvalue weighted by Gasteiger charge is 2.58. The highest BCUT2D eigenvalue weighted by atomic mass is 32.2. The van der Waals surface area contributed by atoms with Gasteiger partial charge in [-0.25, -0.2) is 13.1 Å². The van der Waals surface area contributed by atoms with Gasteiger partial charge in [-0.05, 0) is 101 Å². The molecule has 3 aliphatic heterocycles. The summed E-state index contributed by atoms with van der Waals surface area (Å²) in [7, 11) is -4.22. The van der Waals surface area contributed by atoms with Crippen LogP contribution in [0.15, 0.2) is 89.4 Å². The number of allylic oxidation sites excluding steroid dienone is 2. The zero-order chi connectivity index (χ0) is 52.4. The molecule has 0 aromatic heterocycles. The van der Waals surface area contributed by atoms with Gasteiger partial charge in [0, 0.05) is 44.5 Å². The lowest BCUT2D eigenvalue weighted by Gasteiger charge is -2.39. The second kappa shape index (κ2) is 27.3. The SMILES string of the molecule is CC(=O)OC(C)C=CC(=O)N[C@@H]1C[C@H](C)[C@H](CC=C(C)C=C[C@H]2O[C@H](CC(=O)NCc3ccc(S(=O)(=O)NC(=O)CCc4ccccc4NC(=O)CNC(=O)CCCCCN)cc3)C[C@@]3(CO3)[C@@H]2O)O[C@@H]1C. The lowest BCUT2D eigenvalue weighted by Crippen LogP contribution is -2.50. The number of aliphatic hydroxyl groups excluding tert-OH is 1. The van der Waals surface area contributed by atoms with Gasteiger partial charge in [-0.1, -0.05) is 67.5 Å². The predicted octanol–water partition coefficient (Wildman–Crippen LogP) is 3.69. The van der Waals surface area contributed by atoms with Crippen molar-refractivity contribution in [1.82, 2.24) is 20.7 Å². The van der Waals surface area contributed by atoms with Crippen LogP contribution < -0.4 is 31.7 Å². The minimum atomic E-state index is -4.22.